The van der Waals surface area contributed by atoms with Gasteiger partial charge in [-0.3, -0.25) is 9.69 Å². The van der Waals surface area contributed by atoms with Crippen LogP contribution in [0, 0.1) is 5.92 Å². The van der Waals surface area contributed by atoms with E-state index in [1.54, 1.807) is 7.11 Å². The smallest absolute Gasteiger partial charge is 0.224 e. The molecule has 1 fully saturated rings. The van der Waals surface area contributed by atoms with E-state index in [1.165, 1.54) is 5.56 Å². The van der Waals surface area contributed by atoms with E-state index in [2.05, 4.69) is 59.5 Å². The molecule has 5 heteroatoms. The second-order valence-corrected chi connectivity index (χ2v) is 8.12. The number of amides is 1. The van der Waals surface area contributed by atoms with E-state index in [-0.39, 0.29) is 5.91 Å². The molecule has 3 rings (SSSR count). The normalized spacial score (nSPS) is 19.9. The highest BCUT2D eigenvalue weighted by Crippen LogP contribution is 2.26. The molecule has 0 spiro atoms. The van der Waals surface area contributed by atoms with Crippen molar-refractivity contribution in [2.45, 2.75) is 31.8 Å². The van der Waals surface area contributed by atoms with Crippen LogP contribution < -0.4 is 10.1 Å². The van der Waals surface area contributed by atoms with E-state index < -0.39 is 0 Å². The number of rotatable bonds is 8. The third-order valence-electron chi connectivity index (χ3n) is 5.79. The molecule has 29 heavy (non-hydrogen) atoms. The highest BCUT2D eigenvalue weighted by molar-refractivity contribution is 5.90. The number of methoxy groups -OCH3 is 1. The molecule has 1 aliphatic rings. The number of piperidine rings is 1. The van der Waals surface area contributed by atoms with Crippen molar-refractivity contribution in [3.8, 4) is 5.75 Å². The number of ether oxygens (including phenoxy) is 1. The standard InChI is InChI=1S/C24H33N3O2/c1-26(2)23-14-15-27(17-19-8-5-4-6-9-19)18-20(23)12-13-24(28)25-21-10-7-11-22(16-21)29-3/h4-11,16,20,23H,12-15,17-18H2,1-3H3,(H,25,28)/t20-,23+/m0/s1. The molecule has 0 radical (unpaired) electrons. The maximum Gasteiger partial charge on any atom is 0.224 e. The van der Waals surface area contributed by atoms with Crippen molar-refractivity contribution in [3.63, 3.8) is 0 Å². The zero-order valence-electron chi connectivity index (χ0n) is 17.8. The minimum Gasteiger partial charge on any atom is -0.497 e. The molecule has 0 aliphatic carbocycles. The lowest BCUT2D eigenvalue weighted by molar-refractivity contribution is -0.116. The molecule has 0 saturated carbocycles. The van der Waals surface area contributed by atoms with Crippen molar-refractivity contribution < 1.29 is 9.53 Å². The van der Waals surface area contributed by atoms with Crippen LogP contribution >= 0.6 is 0 Å². The monoisotopic (exact) mass is 395 g/mol. The number of carbonyl (C=O) groups is 1. The number of hydrogen-bond acceptors (Lipinski definition) is 4. The van der Waals surface area contributed by atoms with Crippen LogP contribution in [0.1, 0.15) is 24.8 Å². The first kappa shape index (κ1) is 21.3. The van der Waals surface area contributed by atoms with E-state index >= 15 is 0 Å². The quantitative estimate of drug-likeness (QED) is 0.737. The van der Waals surface area contributed by atoms with Crippen molar-refractivity contribution in [3.05, 3.63) is 60.2 Å². The Morgan fingerprint density at radius 2 is 1.97 bits per heavy atom. The van der Waals surface area contributed by atoms with Crippen molar-refractivity contribution in [1.82, 2.24) is 9.80 Å². The number of likely N-dealkylation sites (tertiary alicyclic amines) is 1. The second kappa shape index (κ2) is 10.4. The van der Waals surface area contributed by atoms with Crippen molar-refractivity contribution in [2.24, 2.45) is 5.92 Å². The molecule has 1 heterocycles. The summed E-state index contributed by atoms with van der Waals surface area (Å²) in [6, 6.07) is 18.7. The molecule has 2 aromatic carbocycles. The first-order valence-corrected chi connectivity index (χ1v) is 10.4. The molecule has 5 nitrogen and oxygen atoms in total. The Morgan fingerprint density at radius 3 is 2.69 bits per heavy atom. The Morgan fingerprint density at radius 1 is 1.17 bits per heavy atom. The fourth-order valence-corrected chi connectivity index (χ4v) is 4.28. The third-order valence-corrected chi connectivity index (χ3v) is 5.79. The highest BCUT2D eigenvalue weighted by atomic mass is 16.5. The molecule has 1 saturated heterocycles. The molecule has 2 aromatic rings. The lowest BCUT2D eigenvalue weighted by Crippen LogP contribution is -2.48. The fraction of sp³-hybridized carbons (Fsp3) is 0.458. The molecule has 1 aliphatic heterocycles. The summed E-state index contributed by atoms with van der Waals surface area (Å²) in [5, 5.41) is 3.01. The Balaban J connectivity index is 1.55. The van der Waals surface area contributed by atoms with Crippen LogP contribution in [-0.2, 0) is 11.3 Å². The van der Waals surface area contributed by atoms with Crippen molar-refractivity contribution in [2.75, 3.05) is 39.6 Å². The van der Waals surface area contributed by atoms with E-state index in [0.29, 0.717) is 18.4 Å². The minimum absolute atomic E-state index is 0.0657. The summed E-state index contributed by atoms with van der Waals surface area (Å²) in [6.45, 7) is 3.11. The van der Waals surface area contributed by atoms with Gasteiger partial charge in [0.25, 0.3) is 0 Å². The van der Waals surface area contributed by atoms with Crippen LogP contribution in [0.15, 0.2) is 54.6 Å². The van der Waals surface area contributed by atoms with Crippen molar-refractivity contribution >= 4 is 11.6 Å². The van der Waals surface area contributed by atoms with Gasteiger partial charge in [-0.2, -0.15) is 0 Å². The van der Waals surface area contributed by atoms with Gasteiger partial charge in [0.1, 0.15) is 5.75 Å². The fourth-order valence-electron chi connectivity index (χ4n) is 4.28. The molecule has 1 amide bonds. The van der Waals surface area contributed by atoms with Gasteiger partial charge in [0, 0.05) is 37.3 Å². The summed E-state index contributed by atoms with van der Waals surface area (Å²) in [7, 11) is 5.94. The average molecular weight is 396 g/mol. The Bertz CT molecular complexity index is 779. The Labute approximate surface area is 174 Å². The SMILES string of the molecule is COc1cccc(NC(=O)CC[C@H]2CN(Cc3ccccc3)CC[C@H]2N(C)C)c1. The second-order valence-electron chi connectivity index (χ2n) is 8.12. The first-order valence-electron chi connectivity index (χ1n) is 10.4. The summed E-state index contributed by atoms with van der Waals surface area (Å²) in [6.07, 6.45) is 2.57. The number of nitrogens with zero attached hydrogens (tertiary/aromatic N) is 2. The van der Waals surface area contributed by atoms with Gasteiger partial charge in [0.15, 0.2) is 0 Å². The van der Waals surface area contributed by atoms with E-state index in [0.717, 1.165) is 43.9 Å². The number of nitrogens with one attached hydrogen (secondary N) is 1. The average Bonchev–Trinajstić information content (AvgIpc) is 2.73. The van der Waals surface area contributed by atoms with Crippen LogP contribution in [0.3, 0.4) is 0 Å². The summed E-state index contributed by atoms with van der Waals surface area (Å²) in [5.74, 6) is 1.30. The summed E-state index contributed by atoms with van der Waals surface area (Å²) < 4.78 is 5.23. The van der Waals surface area contributed by atoms with Gasteiger partial charge >= 0.3 is 0 Å². The van der Waals surface area contributed by atoms with Gasteiger partial charge in [0.2, 0.25) is 5.91 Å². The maximum absolute atomic E-state index is 12.5. The van der Waals surface area contributed by atoms with Gasteiger partial charge in [0.05, 0.1) is 7.11 Å². The topological polar surface area (TPSA) is 44.8 Å². The highest BCUT2D eigenvalue weighted by Gasteiger charge is 2.30. The third kappa shape index (κ3) is 6.31. The molecule has 0 unspecified atom stereocenters. The lowest BCUT2D eigenvalue weighted by Gasteiger charge is -2.41. The van der Waals surface area contributed by atoms with Gasteiger partial charge in [-0.05, 0) is 57.1 Å². The van der Waals surface area contributed by atoms with Crippen LogP contribution in [0.4, 0.5) is 5.69 Å². The molecule has 1 N–H and O–H groups in total. The number of anilines is 1. The van der Waals surface area contributed by atoms with Gasteiger partial charge in [-0.1, -0.05) is 36.4 Å². The van der Waals surface area contributed by atoms with E-state index in [4.69, 9.17) is 4.74 Å². The van der Waals surface area contributed by atoms with Gasteiger partial charge in [-0.15, -0.1) is 0 Å². The van der Waals surface area contributed by atoms with Crippen molar-refractivity contribution in [1.29, 1.82) is 0 Å². The Kier molecular flexibility index (Phi) is 7.67. The zero-order valence-corrected chi connectivity index (χ0v) is 17.8. The van der Waals surface area contributed by atoms with Crippen LogP contribution in [-0.4, -0.2) is 56.0 Å². The molecule has 0 bridgehead atoms. The first-order chi connectivity index (χ1) is 14.0. The zero-order chi connectivity index (χ0) is 20.6. The van der Waals surface area contributed by atoms with E-state index in [1.807, 2.05) is 24.3 Å². The number of carbonyl (C=O) groups excluding carboxylic acids is 1. The van der Waals surface area contributed by atoms with Crippen LogP contribution in [0.5, 0.6) is 5.75 Å². The molecule has 156 valence electrons. The van der Waals surface area contributed by atoms with Gasteiger partial charge in [-0.25, -0.2) is 0 Å². The molecular formula is C24H33N3O2. The largest absolute Gasteiger partial charge is 0.497 e. The van der Waals surface area contributed by atoms with Crippen LogP contribution in [0.25, 0.3) is 0 Å². The summed E-state index contributed by atoms with van der Waals surface area (Å²) >= 11 is 0. The predicted molar refractivity (Wildman–Crippen MR) is 118 cm³/mol. The maximum atomic E-state index is 12.5. The molecule has 0 aromatic heterocycles. The predicted octanol–water partition coefficient (Wildman–Crippen LogP) is 3.87. The lowest BCUT2D eigenvalue weighted by atomic mass is 9.87. The summed E-state index contributed by atoms with van der Waals surface area (Å²) in [4.78, 5) is 17.4. The number of benzene rings is 2. The molecule has 2 atom stereocenters. The Hall–Kier alpha value is -2.37. The minimum atomic E-state index is 0.0657. The van der Waals surface area contributed by atoms with Gasteiger partial charge < -0.3 is 15.0 Å². The number of hydrogen-bond donors (Lipinski definition) is 1. The van der Waals surface area contributed by atoms with Crippen LogP contribution in [0.2, 0.25) is 0 Å². The van der Waals surface area contributed by atoms with E-state index in [9.17, 15) is 4.79 Å². The summed E-state index contributed by atoms with van der Waals surface area (Å²) in [5.41, 5.74) is 2.14. The molecular weight excluding hydrogens is 362 g/mol.